The lowest BCUT2D eigenvalue weighted by Gasteiger charge is -2.07. The van der Waals surface area contributed by atoms with E-state index >= 15 is 0 Å². The van der Waals surface area contributed by atoms with E-state index in [0.717, 1.165) is 16.7 Å². The van der Waals surface area contributed by atoms with E-state index in [1.54, 1.807) is 7.11 Å². The van der Waals surface area contributed by atoms with Crippen LogP contribution in [0.25, 0.3) is 11.1 Å². The summed E-state index contributed by atoms with van der Waals surface area (Å²) >= 11 is 0. The van der Waals surface area contributed by atoms with Gasteiger partial charge in [-0.05, 0) is 23.3 Å². The Labute approximate surface area is 100.0 Å². The largest absolute Gasteiger partial charge is 0.496 e. The van der Waals surface area contributed by atoms with Crippen LogP contribution < -0.4 is 4.74 Å². The van der Waals surface area contributed by atoms with Gasteiger partial charge in [0.15, 0.2) is 0 Å². The van der Waals surface area contributed by atoms with Crippen LogP contribution in [0.3, 0.4) is 0 Å². The fourth-order valence-corrected chi connectivity index (χ4v) is 1.69. The van der Waals surface area contributed by atoms with Crippen molar-refractivity contribution in [1.82, 2.24) is 0 Å². The maximum atomic E-state index is 8.54. The first-order chi connectivity index (χ1) is 8.35. The van der Waals surface area contributed by atoms with Crippen molar-refractivity contribution in [3.63, 3.8) is 0 Å². The lowest BCUT2D eigenvalue weighted by atomic mass is 10.0. The van der Waals surface area contributed by atoms with Crippen molar-refractivity contribution in [1.29, 1.82) is 0 Å². The molecule has 3 nitrogen and oxygen atoms in total. The normalized spacial score (nSPS) is 10.6. The molecule has 0 amide bonds. The topological polar surface area (TPSA) is 41.8 Å². The SMILES string of the molecule is COc1cc(-c2ccccc2)ccc1C=NO. The highest BCUT2D eigenvalue weighted by Gasteiger charge is 2.04. The molecule has 0 saturated carbocycles. The van der Waals surface area contributed by atoms with Crippen LogP contribution in [-0.4, -0.2) is 18.5 Å². The van der Waals surface area contributed by atoms with Crippen molar-refractivity contribution in [2.24, 2.45) is 5.16 Å². The summed E-state index contributed by atoms with van der Waals surface area (Å²) in [6.07, 6.45) is 1.35. The van der Waals surface area contributed by atoms with Gasteiger partial charge in [0, 0.05) is 5.56 Å². The van der Waals surface area contributed by atoms with E-state index in [9.17, 15) is 0 Å². The molecule has 0 atom stereocenters. The first-order valence-corrected chi connectivity index (χ1v) is 5.26. The zero-order valence-electron chi connectivity index (χ0n) is 9.50. The fraction of sp³-hybridized carbons (Fsp3) is 0.0714. The Morgan fingerprint density at radius 3 is 2.47 bits per heavy atom. The predicted octanol–water partition coefficient (Wildman–Crippen LogP) is 3.17. The highest BCUT2D eigenvalue weighted by Crippen LogP contribution is 2.26. The van der Waals surface area contributed by atoms with E-state index in [1.165, 1.54) is 6.21 Å². The Kier molecular flexibility index (Phi) is 3.40. The van der Waals surface area contributed by atoms with Gasteiger partial charge in [-0.1, -0.05) is 41.6 Å². The molecule has 2 aromatic carbocycles. The van der Waals surface area contributed by atoms with Crippen LogP contribution in [0.5, 0.6) is 5.75 Å². The summed E-state index contributed by atoms with van der Waals surface area (Å²) in [7, 11) is 1.60. The van der Waals surface area contributed by atoms with Crippen LogP contribution in [0.15, 0.2) is 53.7 Å². The molecule has 3 heteroatoms. The van der Waals surface area contributed by atoms with Gasteiger partial charge in [-0.2, -0.15) is 0 Å². The monoisotopic (exact) mass is 227 g/mol. The highest BCUT2D eigenvalue weighted by atomic mass is 16.5. The third-order valence-corrected chi connectivity index (χ3v) is 2.54. The molecule has 0 heterocycles. The Hall–Kier alpha value is -2.29. The molecule has 0 aliphatic carbocycles. The molecule has 0 radical (unpaired) electrons. The van der Waals surface area contributed by atoms with Gasteiger partial charge >= 0.3 is 0 Å². The molecule has 0 fully saturated rings. The molecule has 17 heavy (non-hydrogen) atoms. The van der Waals surface area contributed by atoms with Crippen LogP contribution in [0.1, 0.15) is 5.56 Å². The lowest BCUT2D eigenvalue weighted by Crippen LogP contribution is -1.91. The second kappa shape index (κ2) is 5.16. The zero-order valence-corrected chi connectivity index (χ0v) is 9.50. The molecule has 0 aromatic heterocycles. The van der Waals surface area contributed by atoms with E-state index in [4.69, 9.17) is 9.94 Å². The van der Waals surface area contributed by atoms with Crippen molar-refractivity contribution < 1.29 is 9.94 Å². The molecule has 0 unspecified atom stereocenters. The standard InChI is InChI=1S/C14H13NO2/c1-17-14-9-12(7-8-13(14)10-15-16)11-5-3-2-4-6-11/h2-10,16H,1H3. The van der Waals surface area contributed by atoms with Crippen LogP contribution >= 0.6 is 0 Å². The minimum atomic E-state index is 0.684. The fourth-order valence-electron chi connectivity index (χ4n) is 1.69. The number of oxime groups is 1. The second-order valence-electron chi connectivity index (χ2n) is 3.57. The van der Waals surface area contributed by atoms with Crippen molar-refractivity contribution in [2.45, 2.75) is 0 Å². The Bertz CT molecular complexity index is 521. The van der Waals surface area contributed by atoms with Crippen LogP contribution in [0.2, 0.25) is 0 Å². The minimum absolute atomic E-state index is 0.684. The number of hydrogen-bond donors (Lipinski definition) is 1. The highest BCUT2D eigenvalue weighted by molar-refractivity contribution is 5.85. The lowest BCUT2D eigenvalue weighted by molar-refractivity contribution is 0.321. The van der Waals surface area contributed by atoms with E-state index in [-0.39, 0.29) is 0 Å². The van der Waals surface area contributed by atoms with Gasteiger partial charge < -0.3 is 9.94 Å². The van der Waals surface area contributed by atoms with E-state index < -0.39 is 0 Å². The van der Waals surface area contributed by atoms with Gasteiger partial charge in [0.1, 0.15) is 5.75 Å². The third-order valence-electron chi connectivity index (χ3n) is 2.54. The summed E-state index contributed by atoms with van der Waals surface area (Å²) in [5.41, 5.74) is 2.94. The van der Waals surface area contributed by atoms with E-state index in [1.807, 2.05) is 48.5 Å². The van der Waals surface area contributed by atoms with Crippen molar-refractivity contribution in [3.05, 3.63) is 54.1 Å². The van der Waals surface area contributed by atoms with Gasteiger partial charge in [-0.25, -0.2) is 0 Å². The number of ether oxygens (including phenoxy) is 1. The number of rotatable bonds is 3. The molecule has 2 aromatic rings. The second-order valence-corrected chi connectivity index (χ2v) is 3.57. The molecular formula is C14H13NO2. The first kappa shape index (κ1) is 11.2. The summed E-state index contributed by atoms with van der Waals surface area (Å²) < 4.78 is 5.26. The molecule has 0 saturated heterocycles. The number of benzene rings is 2. The maximum Gasteiger partial charge on any atom is 0.128 e. The van der Waals surface area contributed by atoms with Gasteiger partial charge in [0.05, 0.1) is 13.3 Å². The summed E-state index contributed by atoms with van der Waals surface area (Å²) in [6, 6.07) is 15.8. The molecule has 86 valence electrons. The summed E-state index contributed by atoms with van der Waals surface area (Å²) in [5, 5.41) is 11.6. The van der Waals surface area contributed by atoms with Crippen molar-refractivity contribution in [2.75, 3.05) is 7.11 Å². The van der Waals surface area contributed by atoms with Crippen molar-refractivity contribution in [3.8, 4) is 16.9 Å². The average molecular weight is 227 g/mol. The minimum Gasteiger partial charge on any atom is -0.496 e. The zero-order chi connectivity index (χ0) is 12.1. The molecule has 0 aliphatic heterocycles. The summed E-state index contributed by atoms with van der Waals surface area (Å²) in [6.45, 7) is 0. The first-order valence-electron chi connectivity index (χ1n) is 5.26. The predicted molar refractivity (Wildman–Crippen MR) is 67.8 cm³/mol. The molecule has 2 rings (SSSR count). The summed E-state index contributed by atoms with van der Waals surface area (Å²) in [5.74, 6) is 0.684. The van der Waals surface area contributed by atoms with Crippen LogP contribution in [0, 0.1) is 0 Å². The molecule has 1 N–H and O–H groups in total. The van der Waals surface area contributed by atoms with Gasteiger partial charge in [0.2, 0.25) is 0 Å². The Balaban J connectivity index is 2.45. The Morgan fingerprint density at radius 1 is 1.06 bits per heavy atom. The average Bonchev–Trinajstić information content (AvgIpc) is 2.40. The van der Waals surface area contributed by atoms with Gasteiger partial charge in [0.25, 0.3) is 0 Å². The molecule has 0 spiro atoms. The van der Waals surface area contributed by atoms with E-state index in [0.29, 0.717) is 5.75 Å². The van der Waals surface area contributed by atoms with Gasteiger partial charge in [-0.15, -0.1) is 0 Å². The molecular weight excluding hydrogens is 214 g/mol. The Morgan fingerprint density at radius 2 is 1.82 bits per heavy atom. The molecule has 0 bridgehead atoms. The molecule has 0 aliphatic rings. The third kappa shape index (κ3) is 2.45. The number of hydrogen-bond acceptors (Lipinski definition) is 3. The quantitative estimate of drug-likeness (QED) is 0.497. The van der Waals surface area contributed by atoms with Crippen LogP contribution in [-0.2, 0) is 0 Å². The number of methoxy groups -OCH3 is 1. The summed E-state index contributed by atoms with van der Waals surface area (Å²) in [4.78, 5) is 0. The van der Waals surface area contributed by atoms with E-state index in [2.05, 4.69) is 5.16 Å². The van der Waals surface area contributed by atoms with Crippen molar-refractivity contribution >= 4 is 6.21 Å². The smallest absolute Gasteiger partial charge is 0.128 e. The van der Waals surface area contributed by atoms with Gasteiger partial charge in [-0.3, -0.25) is 0 Å². The number of nitrogens with zero attached hydrogens (tertiary/aromatic N) is 1. The van der Waals surface area contributed by atoms with Crippen LogP contribution in [0.4, 0.5) is 0 Å². The maximum absolute atomic E-state index is 8.54.